The molecule has 0 bridgehead atoms. The summed E-state index contributed by atoms with van der Waals surface area (Å²) < 4.78 is 1.93. The molecular formula is C24H27N7. The van der Waals surface area contributed by atoms with E-state index in [-0.39, 0.29) is 0 Å². The number of fused-ring (bicyclic) bond motifs is 3. The average molecular weight is 414 g/mol. The first kappa shape index (κ1) is 18.7. The van der Waals surface area contributed by atoms with E-state index < -0.39 is 0 Å². The smallest absolute Gasteiger partial charge is 0.229 e. The topological polar surface area (TPSA) is 62.5 Å². The first-order chi connectivity index (χ1) is 15.4. The molecular weight excluding hydrogens is 386 g/mol. The van der Waals surface area contributed by atoms with Crippen LogP contribution in [-0.2, 0) is 0 Å². The van der Waals surface area contributed by atoms with E-state index in [4.69, 9.17) is 15.1 Å². The second-order valence-corrected chi connectivity index (χ2v) is 8.66. The normalized spacial score (nSPS) is 18.8. The van der Waals surface area contributed by atoms with Gasteiger partial charge in [0.25, 0.3) is 0 Å². The zero-order valence-electron chi connectivity index (χ0n) is 17.7. The Kier molecular flexibility index (Phi) is 4.76. The van der Waals surface area contributed by atoms with Crippen LogP contribution in [0.5, 0.6) is 0 Å². The number of pyridine rings is 1. The molecule has 0 unspecified atom stereocenters. The molecule has 7 heteroatoms. The first-order valence-corrected chi connectivity index (χ1v) is 11.4. The van der Waals surface area contributed by atoms with E-state index in [2.05, 4.69) is 26.9 Å². The third-order valence-electron chi connectivity index (χ3n) is 6.77. The molecule has 1 aromatic carbocycles. The van der Waals surface area contributed by atoms with Gasteiger partial charge >= 0.3 is 0 Å². The second kappa shape index (κ2) is 7.89. The van der Waals surface area contributed by atoms with Crippen LogP contribution < -0.4 is 4.90 Å². The van der Waals surface area contributed by atoms with Crippen molar-refractivity contribution in [1.82, 2.24) is 29.5 Å². The van der Waals surface area contributed by atoms with Gasteiger partial charge in [-0.05, 0) is 37.1 Å². The lowest BCUT2D eigenvalue weighted by atomic mass is 9.94. The summed E-state index contributed by atoms with van der Waals surface area (Å²) >= 11 is 0. The fourth-order valence-corrected chi connectivity index (χ4v) is 5.10. The molecule has 158 valence electrons. The Hall–Kier alpha value is -3.06. The number of para-hydroxylation sites is 1. The van der Waals surface area contributed by atoms with Crippen molar-refractivity contribution in [2.75, 3.05) is 31.1 Å². The third kappa shape index (κ3) is 3.43. The summed E-state index contributed by atoms with van der Waals surface area (Å²) in [5, 5.41) is 5.89. The van der Waals surface area contributed by atoms with E-state index in [0.717, 1.165) is 60.3 Å². The first-order valence-electron chi connectivity index (χ1n) is 11.4. The van der Waals surface area contributed by atoms with Gasteiger partial charge in [0.15, 0.2) is 11.5 Å². The summed E-state index contributed by atoms with van der Waals surface area (Å²) in [7, 11) is 0. The number of nitrogens with zero attached hydrogens (tertiary/aromatic N) is 7. The minimum Gasteiger partial charge on any atom is -0.338 e. The largest absolute Gasteiger partial charge is 0.338 e. The highest BCUT2D eigenvalue weighted by Gasteiger charge is 2.27. The summed E-state index contributed by atoms with van der Waals surface area (Å²) in [6, 6.07) is 12.9. The standard InChI is InChI=1S/C24H27N7/c1-2-8-19(9-3-1)29-13-15-30(16-14-29)24-26-21-11-5-4-10-20(21)23-27-22(28-31(23)24)18-7-6-12-25-17-18/h4-7,10-12,17,19H,1-3,8-9,13-16H2. The summed E-state index contributed by atoms with van der Waals surface area (Å²) in [5.41, 5.74) is 2.74. The van der Waals surface area contributed by atoms with Crippen molar-refractivity contribution in [1.29, 1.82) is 0 Å². The molecule has 1 aliphatic heterocycles. The van der Waals surface area contributed by atoms with Gasteiger partial charge in [0.05, 0.1) is 5.52 Å². The molecule has 2 fully saturated rings. The number of anilines is 1. The quantitative estimate of drug-likeness (QED) is 0.509. The molecule has 1 saturated heterocycles. The van der Waals surface area contributed by atoms with E-state index in [1.165, 1.54) is 32.1 Å². The minimum absolute atomic E-state index is 0.688. The summed E-state index contributed by atoms with van der Waals surface area (Å²) in [4.78, 5) is 19.2. The van der Waals surface area contributed by atoms with Crippen molar-refractivity contribution in [3.05, 3.63) is 48.8 Å². The highest BCUT2D eigenvalue weighted by molar-refractivity contribution is 5.92. The molecule has 31 heavy (non-hydrogen) atoms. The Balaban J connectivity index is 1.37. The Labute approximate surface area is 181 Å². The van der Waals surface area contributed by atoms with Crippen LogP contribution in [0.3, 0.4) is 0 Å². The predicted octanol–water partition coefficient (Wildman–Crippen LogP) is 3.79. The van der Waals surface area contributed by atoms with Crippen LogP contribution in [-0.4, -0.2) is 61.7 Å². The second-order valence-electron chi connectivity index (χ2n) is 8.66. The maximum absolute atomic E-state index is 5.02. The molecule has 1 aliphatic carbocycles. The Bertz CT molecular complexity index is 1190. The van der Waals surface area contributed by atoms with Gasteiger partial charge in [-0.1, -0.05) is 31.4 Å². The van der Waals surface area contributed by atoms with Crippen LogP contribution in [0.25, 0.3) is 27.9 Å². The number of rotatable bonds is 3. The summed E-state index contributed by atoms with van der Waals surface area (Å²) in [6.45, 7) is 4.12. The van der Waals surface area contributed by atoms with Crippen LogP contribution in [0, 0.1) is 0 Å². The Morgan fingerprint density at radius 3 is 2.48 bits per heavy atom. The molecule has 0 N–H and O–H groups in total. The van der Waals surface area contributed by atoms with Gasteiger partial charge < -0.3 is 4.90 Å². The van der Waals surface area contributed by atoms with Crippen molar-refractivity contribution < 1.29 is 0 Å². The monoisotopic (exact) mass is 413 g/mol. The molecule has 0 spiro atoms. The molecule has 1 saturated carbocycles. The number of hydrogen-bond donors (Lipinski definition) is 0. The Morgan fingerprint density at radius 1 is 0.839 bits per heavy atom. The van der Waals surface area contributed by atoms with Crippen molar-refractivity contribution >= 4 is 22.5 Å². The van der Waals surface area contributed by atoms with Gasteiger partial charge in [-0.2, -0.15) is 4.52 Å². The molecule has 0 atom stereocenters. The van der Waals surface area contributed by atoms with Gasteiger partial charge in [-0.15, -0.1) is 5.10 Å². The molecule has 0 radical (unpaired) electrons. The fourth-order valence-electron chi connectivity index (χ4n) is 5.10. The van der Waals surface area contributed by atoms with Crippen molar-refractivity contribution in [3.8, 4) is 11.4 Å². The lowest BCUT2D eigenvalue weighted by Crippen LogP contribution is -2.51. The zero-order valence-corrected chi connectivity index (χ0v) is 17.7. The lowest BCUT2D eigenvalue weighted by molar-refractivity contribution is 0.147. The number of aromatic nitrogens is 5. The maximum atomic E-state index is 5.02. The molecule has 0 amide bonds. The van der Waals surface area contributed by atoms with Crippen LogP contribution in [0.4, 0.5) is 5.95 Å². The fraction of sp³-hybridized carbons (Fsp3) is 0.417. The number of hydrogen-bond acceptors (Lipinski definition) is 6. The van der Waals surface area contributed by atoms with E-state index in [9.17, 15) is 0 Å². The number of piperazine rings is 1. The van der Waals surface area contributed by atoms with Crippen molar-refractivity contribution in [3.63, 3.8) is 0 Å². The maximum Gasteiger partial charge on any atom is 0.229 e. The van der Waals surface area contributed by atoms with E-state index in [1.807, 2.05) is 35.0 Å². The third-order valence-corrected chi connectivity index (χ3v) is 6.77. The molecule has 3 aromatic heterocycles. The van der Waals surface area contributed by atoms with Gasteiger partial charge in [-0.25, -0.2) is 9.97 Å². The van der Waals surface area contributed by atoms with Crippen LogP contribution in [0.1, 0.15) is 32.1 Å². The minimum atomic E-state index is 0.688. The molecule has 2 aliphatic rings. The Morgan fingerprint density at radius 2 is 1.68 bits per heavy atom. The predicted molar refractivity (Wildman–Crippen MR) is 122 cm³/mol. The van der Waals surface area contributed by atoms with Crippen LogP contribution in [0.2, 0.25) is 0 Å². The lowest BCUT2D eigenvalue weighted by Gasteiger charge is -2.41. The van der Waals surface area contributed by atoms with E-state index in [0.29, 0.717) is 5.82 Å². The zero-order chi connectivity index (χ0) is 20.6. The summed E-state index contributed by atoms with van der Waals surface area (Å²) in [6.07, 6.45) is 10.5. The van der Waals surface area contributed by atoms with Gasteiger partial charge in [-0.3, -0.25) is 9.88 Å². The van der Waals surface area contributed by atoms with Gasteiger partial charge in [0.2, 0.25) is 5.95 Å². The van der Waals surface area contributed by atoms with E-state index >= 15 is 0 Å². The average Bonchev–Trinajstić information content (AvgIpc) is 3.31. The number of benzene rings is 1. The van der Waals surface area contributed by atoms with Crippen LogP contribution in [0.15, 0.2) is 48.8 Å². The molecule has 4 heterocycles. The van der Waals surface area contributed by atoms with Crippen molar-refractivity contribution in [2.24, 2.45) is 0 Å². The van der Waals surface area contributed by atoms with Gasteiger partial charge in [0.1, 0.15) is 0 Å². The molecule has 6 rings (SSSR count). The molecule has 4 aromatic rings. The highest BCUT2D eigenvalue weighted by atomic mass is 15.4. The SMILES string of the molecule is c1cncc(-c2nc3c4ccccc4nc(N4CCN(C5CCCCC5)CC4)n3n2)c1. The summed E-state index contributed by atoms with van der Waals surface area (Å²) in [5.74, 6) is 1.58. The van der Waals surface area contributed by atoms with E-state index in [1.54, 1.807) is 6.20 Å². The van der Waals surface area contributed by atoms with Gasteiger partial charge in [0, 0.05) is 55.6 Å². The molecule has 7 nitrogen and oxygen atoms in total. The highest BCUT2D eigenvalue weighted by Crippen LogP contribution is 2.28. The van der Waals surface area contributed by atoms with Crippen LogP contribution >= 0.6 is 0 Å². The van der Waals surface area contributed by atoms with Crippen molar-refractivity contribution in [2.45, 2.75) is 38.1 Å².